The Morgan fingerprint density at radius 1 is 1.00 bits per heavy atom. The molecule has 1 aliphatic rings. The van der Waals surface area contributed by atoms with Crippen LogP contribution in [0.1, 0.15) is 22.3 Å². The van der Waals surface area contributed by atoms with Crippen molar-refractivity contribution in [2.75, 3.05) is 17.7 Å². The van der Waals surface area contributed by atoms with E-state index in [2.05, 4.69) is 10.6 Å². The van der Waals surface area contributed by atoms with E-state index in [-0.39, 0.29) is 29.7 Å². The maximum absolute atomic E-state index is 12.8. The summed E-state index contributed by atoms with van der Waals surface area (Å²) in [4.78, 5) is 34.5. The van der Waals surface area contributed by atoms with Crippen LogP contribution < -0.4 is 21.1 Å². The molecule has 0 aliphatic carbocycles. The summed E-state index contributed by atoms with van der Waals surface area (Å²) < 4.78 is 5.16. The molecule has 0 radical (unpaired) electrons. The monoisotopic (exact) mass is 432 g/mol. The minimum Gasteiger partial charge on any atom is -0.490 e. The minimum absolute atomic E-state index is 0.121. The molecular weight excluding hydrogens is 412 g/mol. The van der Waals surface area contributed by atoms with Gasteiger partial charge in [-0.1, -0.05) is 12.1 Å². The van der Waals surface area contributed by atoms with Gasteiger partial charge in [0.25, 0.3) is 5.91 Å². The molecule has 0 bridgehead atoms. The van der Waals surface area contributed by atoms with Crippen LogP contribution in [0.25, 0.3) is 11.1 Å². The van der Waals surface area contributed by atoms with Crippen LogP contribution in [0.15, 0.2) is 54.6 Å². The number of benzene rings is 3. The maximum atomic E-state index is 12.8. The van der Waals surface area contributed by atoms with E-state index in [1.54, 1.807) is 24.3 Å². The molecular formula is C23H20N4O5. The van der Waals surface area contributed by atoms with Crippen molar-refractivity contribution >= 4 is 34.6 Å². The van der Waals surface area contributed by atoms with Gasteiger partial charge in [-0.3, -0.25) is 19.7 Å². The summed E-state index contributed by atoms with van der Waals surface area (Å²) in [6, 6.07) is 15.4. The Morgan fingerprint density at radius 2 is 1.75 bits per heavy atom. The Hall–Kier alpha value is -4.40. The third-order valence-corrected chi connectivity index (χ3v) is 5.24. The summed E-state index contributed by atoms with van der Waals surface area (Å²) >= 11 is 0. The SMILES string of the molecule is COc1cc(-c2ccc3c(c2)Nc2ccc(CCC(N)=O)cc2NC3=O)ccc1[N+](=O)[O-]. The lowest BCUT2D eigenvalue weighted by Gasteiger charge is -2.12. The number of amides is 2. The van der Waals surface area contributed by atoms with Crippen molar-refractivity contribution in [1.29, 1.82) is 0 Å². The third kappa shape index (κ3) is 4.08. The van der Waals surface area contributed by atoms with Gasteiger partial charge in [0.1, 0.15) is 0 Å². The summed E-state index contributed by atoms with van der Waals surface area (Å²) in [5, 5.41) is 17.3. The number of nitro benzene ring substituents is 1. The number of aryl methyl sites for hydroxylation is 1. The Labute approximate surface area is 183 Å². The molecule has 9 nitrogen and oxygen atoms in total. The van der Waals surface area contributed by atoms with Crippen LogP contribution in [0, 0.1) is 10.1 Å². The molecule has 2 amide bonds. The average Bonchev–Trinajstić information content (AvgIpc) is 2.91. The van der Waals surface area contributed by atoms with E-state index >= 15 is 0 Å². The molecule has 162 valence electrons. The molecule has 0 spiro atoms. The van der Waals surface area contributed by atoms with E-state index in [0.29, 0.717) is 34.6 Å². The Bertz CT molecular complexity index is 1260. The Morgan fingerprint density at radius 3 is 2.47 bits per heavy atom. The van der Waals surface area contributed by atoms with Crippen molar-refractivity contribution in [3.63, 3.8) is 0 Å². The molecule has 3 aromatic carbocycles. The normalized spacial score (nSPS) is 12.0. The van der Waals surface area contributed by atoms with Gasteiger partial charge in [-0.25, -0.2) is 0 Å². The van der Waals surface area contributed by atoms with E-state index in [1.165, 1.54) is 13.2 Å². The first-order chi connectivity index (χ1) is 15.4. The molecule has 3 aromatic rings. The van der Waals surface area contributed by atoms with Gasteiger partial charge in [-0.2, -0.15) is 0 Å². The van der Waals surface area contributed by atoms with Gasteiger partial charge in [0.2, 0.25) is 5.91 Å². The van der Waals surface area contributed by atoms with Gasteiger partial charge in [0.05, 0.1) is 34.7 Å². The van der Waals surface area contributed by atoms with Gasteiger partial charge >= 0.3 is 5.69 Å². The van der Waals surface area contributed by atoms with Crippen molar-refractivity contribution in [2.24, 2.45) is 5.73 Å². The van der Waals surface area contributed by atoms with E-state index in [4.69, 9.17) is 10.5 Å². The lowest BCUT2D eigenvalue weighted by atomic mass is 10.0. The number of fused-ring (bicyclic) bond motifs is 2. The van der Waals surface area contributed by atoms with E-state index in [1.807, 2.05) is 24.3 Å². The number of hydrogen-bond donors (Lipinski definition) is 3. The summed E-state index contributed by atoms with van der Waals surface area (Å²) in [6.45, 7) is 0. The van der Waals surface area contributed by atoms with E-state index in [0.717, 1.165) is 11.1 Å². The number of nitro groups is 1. The Balaban J connectivity index is 1.69. The zero-order valence-electron chi connectivity index (χ0n) is 17.2. The van der Waals surface area contributed by atoms with Crippen LogP contribution in [0.2, 0.25) is 0 Å². The lowest BCUT2D eigenvalue weighted by Crippen LogP contribution is -2.12. The lowest BCUT2D eigenvalue weighted by molar-refractivity contribution is -0.385. The van der Waals surface area contributed by atoms with E-state index in [9.17, 15) is 19.7 Å². The second kappa shape index (κ2) is 8.38. The summed E-state index contributed by atoms with van der Waals surface area (Å²) in [7, 11) is 1.38. The zero-order valence-corrected chi connectivity index (χ0v) is 17.2. The highest BCUT2D eigenvalue weighted by molar-refractivity contribution is 6.12. The second-order valence-electron chi connectivity index (χ2n) is 7.33. The summed E-state index contributed by atoms with van der Waals surface area (Å²) in [5.74, 6) is -0.502. The topological polar surface area (TPSA) is 137 Å². The molecule has 1 heterocycles. The van der Waals surface area contributed by atoms with Gasteiger partial charge in [-0.05, 0) is 59.5 Å². The first-order valence-electron chi connectivity index (χ1n) is 9.82. The standard InChI is InChI=1S/C23H20N4O5/c1-32-21-12-15(5-8-20(21)27(30)31)14-4-6-16-18(11-14)25-17-7-2-13(3-9-22(24)28)10-19(17)26-23(16)29/h2,4-8,10-12,25H,3,9H2,1H3,(H2,24,28)(H,26,29). The number of rotatable bonds is 6. The van der Waals surface area contributed by atoms with Crippen molar-refractivity contribution in [1.82, 2.24) is 0 Å². The number of anilines is 3. The van der Waals surface area contributed by atoms with Gasteiger partial charge in [0, 0.05) is 12.5 Å². The van der Waals surface area contributed by atoms with Crippen molar-refractivity contribution in [3.05, 3.63) is 75.8 Å². The summed E-state index contributed by atoms with van der Waals surface area (Å²) in [6.07, 6.45) is 0.708. The predicted molar refractivity (Wildman–Crippen MR) is 120 cm³/mol. The molecule has 0 saturated heterocycles. The molecule has 32 heavy (non-hydrogen) atoms. The van der Waals surface area contributed by atoms with Crippen molar-refractivity contribution < 1.29 is 19.2 Å². The first kappa shape index (κ1) is 20.9. The number of hydrogen-bond acceptors (Lipinski definition) is 6. The molecule has 0 fully saturated rings. The highest BCUT2D eigenvalue weighted by atomic mass is 16.6. The smallest absolute Gasteiger partial charge is 0.310 e. The van der Waals surface area contributed by atoms with Crippen LogP contribution >= 0.6 is 0 Å². The van der Waals surface area contributed by atoms with Crippen LogP contribution in [0.4, 0.5) is 22.7 Å². The third-order valence-electron chi connectivity index (χ3n) is 5.24. The van der Waals surface area contributed by atoms with Crippen LogP contribution in [-0.2, 0) is 11.2 Å². The van der Waals surface area contributed by atoms with Crippen molar-refractivity contribution in [3.8, 4) is 16.9 Å². The fourth-order valence-corrected chi connectivity index (χ4v) is 3.59. The molecule has 4 N–H and O–H groups in total. The van der Waals surface area contributed by atoms with Gasteiger partial charge in [0.15, 0.2) is 5.75 Å². The highest BCUT2D eigenvalue weighted by Gasteiger charge is 2.21. The average molecular weight is 432 g/mol. The van der Waals surface area contributed by atoms with Gasteiger partial charge < -0.3 is 21.1 Å². The first-order valence-corrected chi connectivity index (χ1v) is 9.82. The van der Waals surface area contributed by atoms with Crippen LogP contribution in [0.5, 0.6) is 5.75 Å². The number of nitrogens with two attached hydrogens (primary N) is 1. The number of carbonyl (C=O) groups excluding carboxylic acids is 2. The molecule has 1 aliphatic heterocycles. The van der Waals surface area contributed by atoms with Crippen LogP contribution in [0.3, 0.4) is 0 Å². The number of ether oxygens (including phenoxy) is 1. The quantitative estimate of drug-likeness (QED) is 0.398. The number of nitrogens with zero attached hydrogens (tertiary/aromatic N) is 1. The number of primary amides is 1. The second-order valence-corrected chi connectivity index (χ2v) is 7.33. The van der Waals surface area contributed by atoms with Crippen LogP contribution in [-0.4, -0.2) is 23.8 Å². The minimum atomic E-state index is -0.500. The fraction of sp³-hybridized carbons (Fsp3) is 0.130. The Kier molecular flexibility index (Phi) is 5.46. The fourth-order valence-electron chi connectivity index (χ4n) is 3.59. The molecule has 0 aromatic heterocycles. The summed E-state index contributed by atoms with van der Waals surface area (Å²) in [5.41, 5.74) is 9.83. The molecule has 0 saturated carbocycles. The largest absolute Gasteiger partial charge is 0.490 e. The number of nitrogens with one attached hydrogen (secondary N) is 2. The molecule has 9 heteroatoms. The van der Waals surface area contributed by atoms with E-state index < -0.39 is 4.92 Å². The number of carbonyl (C=O) groups is 2. The van der Waals surface area contributed by atoms with Crippen molar-refractivity contribution in [2.45, 2.75) is 12.8 Å². The molecule has 4 rings (SSSR count). The highest BCUT2D eigenvalue weighted by Crippen LogP contribution is 2.37. The molecule has 0 atom stereocenters. The van der Waals surface area contributed by atoms with Gasteiger partial charge in [-0.15, -0.1) is 0 Å². The molecule has 0 unspecified atom stereocenters. The zero-order chi connectivity index (χ0) is 22.8. The predicted octanol–water partition coefficient (Wildman–Crippen LogP) is 4.00. The number of methoxy groups -OCH3 is 1. The maximum Gasteiger partial charge on any atom is 0.310 e.